The predicted octanol–water partition coefficient (Wildman–Crippen LogP) is 1.58. The van der Waals surface area contributed by atoms with Crippen LogP contribution in [0.2, 0.25) is 0 Å². The summed E-state index contributed by atoms with van der Waals surface area (Å²) in [6, 6.07) is 0.981. The monoisotopic (exact) mass is 194 g/mol. The zero-order valence-electron chi connectivity index (χ0n) is 7.51. The SMILES string of the molecule is C#Cc1c(F)cc(N)c(C=NC)c1F. The fraction of sp³-hybridized carbons (Fsp3) is 0.100. The molecule has 0 atom stereocenters. The van der Waals surface area contributed by atoms with Crippen LogP contribution in [0.4, 0.5) is 14.5 Å². The lowest BCUT2D eigenvalue weighted by atomic mass is 10.1. The Labute approximate surface area is 80.5 Å². The summed E-state index contributed by atoms with van der Waals surface area (Å²) in [7, 11) is 1.46. The van der Waals surface area contributed by atoms with Crippen LogP contribution >= 0.6 is 0 Å². The molecule has 0 aromatic heterocycles. The number of rotatable bonds is 1. The molecule has 0 aliphatic carbocycles. The van der Waals surface area contributed by atoms with Crippen LogP contribution < -0.4 is 5.73 Å². The minimum absolute atomic E-state index is 0.0156. The van der Waals surface area contributed by atoms with E-state index >= 15 is 0 Å². The standard InChI is InChI=1S/C10H8F2N2/c1-3-6-8(11)4-9(13)7(5-14-2)10(6)12/h1,4-5H,13H2,2H3. The van der Waals surface area contributed by atoms with Gasteiger partial charge < -0.3 is 5.73 Å². The molecule has 0 unspecified atom stereocenters. The Morgan fingerprint density at radius 2 is 2.21 bits per heavy atom. The van der Waals surface area contributed by atoms with Gasteiger partial charge in [-0.1, -0.05) is 5.92 Å². The van der Waals surface area contributed by atoms with Crippen molar-refractivity contribution in [3.05, 3.63) is 28.8 Å². The minimum Gasteiger partial charge on any atom is -0.398 e. The van der Waals surface area contributed by atoms with Crippen LogP contribution in [0.25, 0.3) is 0 Å². The number of nitrogens with two attached hydrogens (primary N) is 1. The van der Waals surface area contributed by atoms with E-state index in [4.69, 9.17) is 12.2 Å². The number of aliphatic imine (C=N–C) groups is 1. The van der Waals surface area contributed by atoms with E-state index in [1.54, 1.807) is 0 Å². The maximum atomic E-state index is 13.4. The van der Waals surface area contributed by atoms with Crippen LogP contribution in [-0.4, -0.2) is 13.3 Å². The minimum atomic E-state index is -0.851. The number of benzene rings is 1. The molecule has 0 radical (unpaired) electrons. The molecular weight excluding hydrogens is 186 g/mol. The van der Waals surface area contributed by atoms with Crippen molar-refractivity contribution in [1.82, 2.24) is 0 Å². The number of nitrogen functional groups attached to an aromatic ring is 1. The van der Waals surface area contributed by atoms with Crippen LogP contribution in [0, 0.1) is 24.0 Å². The summed E-state index contributed by atoms with van der Waals surface area (Å²) in [5.41, 5.74) is 4.96. The Morgan fingerprint density at radius 1 is 1.57 bits per heavy atom. The smallest absolute Gasteiger partial charge is 0.152 e. The summed E-state index contributed by atoms with van der Waals surface area (Å²) in [5, 5.41) is 0. The first-order valence-electron chi connectivity index (χ1n) is 3.78. The molecule has 0 saturated heterocycles. The normalized spacial score (nSPS) is 10.4. The van der Waals surface area contributed by atoms with Crippen molar-refractivity contribution in [2.24, 2.45) is 4.99 Å². The Balaban J connectivity index is 3.53. The average molecular weight is 194 g/mol. The second kappa shape index (κ2) is 3.88. The maximum Gasteiger partial charge on any atom is 0.152 e. The third-order valence-electron chi connectivity index (χ3n) is 1.69. The van der Waals surface area contributed by atoms with Crippen molar-refractivity contribution in [1.29, 1.82) is 0 Å². The topological polar surface area (TPSA) is 38.4 Å². The van der Waals surface area contributed by atoms with Gasteiger partial charge in [-0.05, 0) is 6.07 Å². The van der Waals surface area contributed by atoms with Crippen molar-refractivity contribution < 1.29 is 8.78 Å². The van der Waals surface area contributed by atoms with Gasteiger partial charge in [-0.3, -0.25) is 4.99 Å². The van der Waals surface area contributed by atoms with Gasteiger partial charge in [0, 0.05) is 18.9 Å². The van der Waals surface area contributed by atoms with Crippen molar-refractivity contribution in [3.63, 3.8) is 0 Å². The third kappa shape index (κ3) is 1.57. The molecule has 0 fully saturated rings. The van der Waals surface area contributed by atoms with Crippen LogP contribution in [-0.2, 0) is 0 Å². The predicted molar refractivity (Wildman–Crippen MR) is 52.2 cm³/mol. The molecule has 0 aliphatic heterocycles. The number of nitrogens with zero attached hydrogens (tertiary/aromatic N) is 1. The maximum absolute atomic E-state index is 13.4. The van der Waals surface area contributed by atoms with Crippen LogP contribution in [0.3, 0.4) is 0 Å². The molecule has 0 bridgehead atoms. The molecule has 0 heterocycles. The fourth-order valence-corrected chi connectivity index (χ4v) is 1.05. The summed E-state index contributed by atoms with van der Waals surface area (Å²) >= 11 is 0. The van der Waals surface area contributed by atoms with Gasteiger partial charge in [0.05, 0.1) is 11.1 Å². The van der Waals surface area contributed by atoms with Crippen molar-refractivity contribution in [3.8, 4) is 12.3 Å². The van der Waals surface area contributed by atoms with Gasteiger partial charge in [-0.15, -0.1) is 6.42 Å². The molecule has 0 amide bonds. The first-order chi connectivity index (χ1) is 6.61. The van der Waals surface area contributed by atoms with E-state index in [1.165, 1.54) is 13.3 Å². The van der Waals surface area contributed by atoms with Gasteiger partial charge in [0.2, 0.25) is 0 Å². The Morgan fingerprint density at radius 3 is 2.71 bits per heavy atom. The first kappa shape index (κ1) is 10.2. The molecule has 1 aromatic rings. The Hall–Kier alpha value is -1.89. The highest BCUT2D eigenvalue weighted by Gasteiger charge is 2.13. The zero-order valence-corrected chi connectivity index (χ0v) is 7.51. The molecule has 2 N–H and O–H groups in total. The quantitative estimate of drug-likeness (QED) is 0.411. The number of terminal acetylenes is 1. The molecule has 1 rings (SSSR count). The van der Waals surface area contributed by atoms with Gasteiger partial charge in [0.1, 0.15) is 5.82 Å². The highest BCUT2D eigenvalue weighted by Crippen LogP contribution is 2.20. The lowest BCUT2D eigenvalue weighted by Gasteiger charge is -2.04. The molecule has 1 aromatic carbocycles. The number of hydrogen-bond acceptors (Lipinski definition) is 2. The molecular formula is C10H8F2N2. The second-order valence-corrected chi connectivity index (χ2v) is 2.58. The molecule has 0 saturated carbocycles. The van der Waals surface area contributed by atoms with Gasteiger partial charge in [0.15, 0.2) is 5.82 Å². The van der Waals surface area contributed by atoms with Crippen molar-refractivity contribution >= 4 is 11.9 Å². The van der Waals surface area contributed by atoms with Crippen LogP contribution in [0.5, 0.6) is 0 Å². The lowest BCUT2D eigenvalue weighted by Crippen LogP contribution is -2.02. The molecule has 4 heteroatoms. The van der Waals surface area contributed by atoms with Crippen LogP contribution in [0.1, 0.15) is 11.1 Å². The molecule has 14 heavy (non-hydrogen) atoms. The third-order valence-corrected chi connectivity index (χ3v) is 1.69. The van der Waals surface area contributed by atoms with E-state index in [0.29, 0.717) is 0 Å². The van der Waals surface area contributed by atoms with E-state index in [2.05, 4.69) is 4.99 Å². The zero-order chi connectivity index (χ0) is 10.7. The fourth-order valence-electron chi connectivity index (χ4n) is 1.05. The van der Waals surface area contributed by atoms with E-state index in [0.717, 1.165) is 6.07 Å². The summed E-state index contributed by atoms with van der Waals surface area (Å²) in [4.78, 5) is 3.60. The number of anilines is 1. The number of halogens is 2. The molecule has 72 valence electrons. The molecule has 0 aliphatic rings. The van der Waals surface area contributed by atoms with Gasteiger partial charge in [0.25, 0.3) is 0 Å². The van der Waals surface area contributed by atoms with Crippen LogP contribution in [0.15, 0.2) is 11.1 Å². The van der Waals surface area contributed by atoms with E-state index in [9.17, 15) is 8.78 Å². The summed E-state index contributed by atoms with van der Waals surface area (Å²) in [5.74, 6) is 0.234. The average Bonchev–Trinajstić information content (AvgIpc) is 2.12. The summed E-state index contributed by atoms with van der Waals surface area (Å²) in [6.45, 7) is 0. The highest BCUT2D eigenvalue weighted by molar-refractivity contribution is 5.88. The summed E-state index contributed by atoms with van der Waals surface area (Å²) < 4.78 is 26.5. The lowest BCUT2D eigenvalue weighted by molar-refractivity contribution is 0.577. The van der Waals surface area contributed by atoms with Gasteiger partial charge in [-0.2, -0.15) is 0 Å². The van der Waals surface area contributed by atoms with Gasteiger partial charge in [-0.25, -0.2) is 8.78 Å². The largest absolute Gasteiger partial charge is 0.398 e. The Bertz CT molecular complexity index is 431. The first-order valence-corrected chi connectivity index (χ1v) is 3.78. The van der Waals surface area contributed by atoms with Crippen molar-refractivity contribution in [2.75, 3.05) is 12.8 Å². The van der Waals surface area contributed by atoms with E-state index in [1.807, 2.05) is 5.92 Å². The second-order valence-electron chi connectivity index (χ2n) is 2.58. The van der Waals surface area contributed by atoms with Gasteiger partial charge >= 0.3 is 0 Å². The molecule has 2 nitrogen and oxygen atoms in total. The van der Waals surface area contributed by atoms with E-state index < -0.39 is 17.2 Å². The highest BCUT2D eigenvalue weighted by atomic mass is 19.1. The summed E-state index contributed by atoms with van der Waals surface area (Å²) in [6.07, 6.45) is 6.15. The van der Waals surface area contributed by atoms with E-state index in [-0.39, 0.29) is 11.3 Å². The van der Waals surface area contributed by atoms with Crippen molar-refractivity contribution in [2.45, 2.75) is 0 Å². The molecule has 0 spiro atoms. The number of hydrogen-bond donors (Lipinski definition) is 1. The Kier molecular flexibility index (Phi) is 2.82.